The Kier molecular flexibility index (Phi) is 69.8. The normalized spacial score (nSPS) is 13.9. The van der Waals surface area contributed by atoms with Crippen molar-refractivity contribution in [2.24, 2.45) is 0 Å². The van der Waals surface area contributed by atoms with E-state index in [1.807, 2.05) is 0 Å². The van der Waals surface area contributed by atoms with Gasteiger partial charge in [0.05, 0.1) is 0 Å². The van der Waals surface area contributed by atoms with Gasteiger partial charge in [-0.2, -0.15) is 0 Å². The molecule has 0 nitrogen and oxygen atoms in total. The molecule has 3 atom stereocenters. The molecule has 0 aromatic rings. The summed E-state index contributed by atoms with van der Waals surface area (Å²) in [6.45, 7) is 20.1. The van der Waals surface area contributed by atoms with Gasteiger partial charge in [0.15, 0.2) is 0 Å². The van der Waals surface area contributed by atoms with Gasteiger partial charge in [-0.15, -0.1) is 0 Å². The quantitative estimate of drug-likeness (QED) is 0.0421. The van der Waals surface area contributed by atoms with Crippen LogP contribution < -0.4 is 0 Å². The van der Waals surface area contributed by atoms with Crippen molar-refractivity contribution in [3.8, 4) is 0 Å². The zero-order chi connectivity index (χ0) is 59.6. The molecule has 0 aliphatic rings. The maximum absolute atomic E-state index is 2.93. The molecule has 0 radical (unpaired) electrons. The minimum absolute atomic E-state index is 0.975. The molecule has 0 rings (SSSR count). The SMILES string of the molecule is CCCCCCCCCCCCC[CH](CCCCCCCCCCCC)[Ti]([CH](C)C)([CH](CCCCCCCCCCCC)CCCCCCCCCCCCC)[CH](CCCCCCCCCCCC)CCCCCCCCCCCCC. The van der Waals surface area contributed by atoms with E-state index < -0.39 is 16.6 Å². The Morgan fingerprint density at radius 1 is 0.146 bits per heavy atom. The Hall–Kier alpha value is 0.714. The third-order valence-corrected chi connectivity index (χ3v) is 33.8. The molecular weight excluding hydrogens is 1020 g/mol. The summed E-state index contributed by atoms with van der Waals surface area (Å²) in [5.74, 6) is 0. The molecule has 1 heteroatoms. The molecule has 82 heavy (non-hydrogen) atoms. The van der Waals surface area contributed by atoms with Crippen molar-refractivity contribution >= 4 is 0 Å². The summed E-state index contributed by atoms with van der Waals surface area (Å²) in [5.41, 5.74) is 0. The minimum Gasteiger partial charge on any atom is -0.0654 e. The first-order chi connectivity index (χ1) is 40.5. The number of hydrogen-bond donors (Lipinski definition) is 0. The van der Waals surface area contributed by atoms with Crippen LogP contribution in [0.5, 0.6) is 0 Å². The summed E-state index contributed by atoms with van der Waals surface area (Å²) < 4.78 is 4.29. The molecule has 0 N–H and O–H groups in total. The summed E-state index contributed by atoms with van der Waals surface area (Å²) >= 11 is -2.65. The van der Waals surface area contributed by atoms with Crippen LogP contribution in [-0.4, -0.2) is 0 Å². The predicted octanol–water partition coefficient (Wildman–Crippen LogP) is 32.4. The van der Waals surface area contributed by atoms with Gasteiger partial charge in [-0.05, 0) is 0 Å². The first kappa shape index (κ1) is 82.7. The van der Waals surface area contributed by atoms with E-state index in [2.05, 4.69) is 55.4 Å². The van der Waals surface area contributed by atoms with E-state index in [9.17, 15) is 0 Å². The second-order valence-electron chi connectivity index (χ2n) is 29.1. The van der Waals surface area contributed by atoms with Crippen LogP contribution in [0.15, 0.2) is 0 Å². The summed E-state index contributed by atoms with van der Waals surface area (Å²) in [6.07, 6.45) is 104. The molecule has 0 spiro atoms. The van der Waals surface area contributed by atoms with Crippen molar-refractivity contribution in [2.45, 2.75) is 515 Å². The van der Waals surface area contributed by atoms with Gasteiger partial charge >= 0.3 is 471 Å². The van der Waals surface area contributed by atoms with Crippen molar-refractivity contribution in [3.05, 3.63) is 0 Å². The second kappa shape index (κ2) is 69.2. The van der Waals surface area contributed by atoms with Crippen LogP contribution in [0.3, 0.4) is 0 Å². The fraction of sp³-hybridized carbons (Fsp3) is 1.00. The van der Waals surface area contributed by atoms with Crippen LogP contribution in [0, 0.1) is 0 Å². The van der Waals surface area contributed by atoms with E-state index in [0.717, 1.165) is 16.9 Å². The van der Waals surface area contributed by atoms with Gasteiger partial charge in [-0.1, -0.05) is 60.8 Å². The second-order valence-corrected chi connectivity index (χ2v) is 37.9. The zero-order valence-corrected chi connectivity index (χ0v) is 61.2. The molecule has 0 saturated heterocycles. The van der Waals surface area contributed by atoms with E-state index >= 15 is 0 Å². The topological polar surface area (TPSA) is 0 Å². The van der Waals surface area contributed by atoms with Crippen molar-refractivity contribution in [2.75, 3.05) is 0 Å². The van der Waals surface area contributed by atoms with Crippen LogP contribution in [0.25, 0.3) is 0 Å². The molecule has 0 aromatic heterocycles. The minimum atomic E-state index is -2.65. The first-order valence-electron chi connectivity index (χ1n) is 40.5. The van der Waals surface area contributed by atoms with Gasteiger partial charge in [0.1, 0.15) is 0 Å². The van der Waals surface area contributed by atoms with Crippen molar-refractivity contribution in [1.82, 2.24) is 0 Å². The van der Waals surface area contributed by atoms with Crippen molar-refractivity contribution in [3.63, 3.8) is 0 Å². The molecule has 0 aromatic carbocycles. The monoisotopic (exact) mass is 1190 g/mol. The van der Waals surface area contributed by atoms with E-state index in [-0.39, 0.29) is 0 Å². The van der Waals surface area contributed by atoms with E-state index in [1.165, 1.54) is 366 Å². The number of unbranched alkanes of at least 4 members (excludes halogenated alkanes) is 57. The number of rotatable bonds is 73. The Balaban J connectivity index is 7.08. The Morgan fingerprint density at radius 3 is 0.341 bits per heavy atom. The molecule has 0 saturated carbocycles. The Labute approximate surface area is 528 Å². The molecule has 0 aliphatic heterocycles. The van der Waals surface area contributed by atoms with Gasteiger partial charge in [0.25, 0.3) is 0 Å². The van der Waals surface area contributed by atoms with Gasteiger partial charge in [0.2, 0.25) is 0 Å². The third-order valence-electron chi connectivity index (χ3n) is 21.3. The molecule has 0 heterocycles. The average Bonchev–Trinajstić information content (AvgIpc) is 3.64. The summed E-state index contributed by atoms with van der Waals surface area (Å²) in [7, 11) is 0. The zero-order valence-electron chi connectivity index (χ0n) is 59.6. The average molecular weight is 1190 g/mol. The molecule has 3 unspecified atom stereocenters. The summed E-state index contributed by atoms with van der Waals surface area (Å²) in [4.78, 5) is 0. The number of hydrogen-bond acceptors (Lipinski definition) is 0. The molecular formula is C81H166Ti. The molecule has 0 fully saturated rings. The van der Waals surface area contributed by atoms with Crippen LogP contribution in [0.2, 0.25) is 16.9 Å². The predicted molar refractivity (Wildman–Crippen MR) is 379 cm³/mol. The van der Waals surface area contributed by atoms with Gasteiger partial charge in [0, 0.05) is 0 Å². The third kappa shape index (κ3) is 51.6. The van der Waals surface area contributed by atoms with Crippen LogP contribution in [-0.2, 0) is 16.6 Å². The molecule has 494 valence electrons. The molecule has 0 bridgehead atoms. The van der Waals surface area contributed by atoms with E-state index in [0.29, 0.717) is 0 Å². The Morgan fingerprint density at radius 2 is 0.244 bits per heavy atom. The van der Waals surface area contributed by atoms with Gasteiger partial charge in [-0.25, -0.2) is 0 Å². The van der Waals surface area contributed by atoms with Crippen LogP contribution in [0.4, 0.5) is 0 Å². The fourth-order valence-corrected chi connectivity index (χ4v) is 30.3. The standard InChI is InChI=1S/3C26H53.C3H7.Ti/c3*1-3-5-7-9-11-13-15-17-19-21-23-25-26-24-22-20-18-16-14-12-10-8-6-4-2;1-3-2;/h3*25H,3-24,26H2,1-2H3;3H,1-2H3;. The van der Waals surface area contributed by atoms with Crippen LogP contribution in [0.1, 0.15) is 498 Å². The maximum atomic E-state index is 2.93. The van der Waals surface area contributed by atoms with Gasteiger partial charge < -0.3 is 0 Å². The molecule has 0 amide bonds. The fourth-order valence-electron chi connectivity index (χ4n) is 16.1. The first-order valence-corrected chi connectivity index (χ1v) is 44.1. The van der Waals surface area contributed by atoms with E-state index in [1.54, 1.807) is 77.0 Å². The van der Waals surface area contributed by atoms with Gasteiger partial charge in [-0.3, -0.25) is 0 Å². The van der Waals surface area contributed by atoms with Crippen molar-refractivity contribution < 1.29 is 16.6 Å². The smallest absolute Gasteiger partial charge is 0.0654 e. The van der Waals surface area contributed by atoms with Crippen LogP contribution >= 0.6 is 0 Å². The van der Waals surface area contributed by atoms with E-state index in [4.69, 9.17) is 0 Å². The summed E-state index contributed by atoms with van der Waals surface area (Å²) in [5, 5.41) is 0. The Bertz CT molecular complexity index is 994. The van der Waals surface area contributed by atoms with Crippen molar-refractivity contribution in [1.29, 1.82) is 0 Å². The molecule has 0 aliphatic carbocycles. The summed E-state index contributed by atoms with van der Waals surface area (Å²) in [6, 6.07) is 0.